The van der Waals surface area contributed by atoms with Crippen molar-refractivity contribution < 1.29 is 14.3 Å². The Morgan fingerprint density at radius 1 is 1.20 bits per heavy atom. The third-order valence-corrected chi connectivity index (χ3v) is 5.38. The first kappa shape index (κ1) is 17.8. The number of hydrogen-bond acceptors (Lipinski definition) is 4. The zero-order valence-corrected chi connectivity index (χ0v) is 15.6. The summed E-state index contributed by atoms with van der Waals surface area (Å²) >= 11 is 7.69. The van der Waals surface area contributed by atoms with Gasteiger partial charge in [-0.1, -0.05) is 17.7 Å². The fourth-order valence-corrected chi connectivity index (χ4v) is 4.11. The van der Waals surface area contributed by atoms with Crippen molar-refractivity contribution in [2.24, 2.45) is 0 Å². The number of methoxy groups -OCH3 is 2. The zero-order chi connectivity index (χ0) is 17.8. The number of thioether (sulfide) groups is 1. The number of anilines is 1. The quantitative estimate of drug-likeness (QED) is 0.842. The molecule has 1 heterocycles. The van der Waals surface area contributed by atoms with E-state index in [4.69, 9.17) is 21.1 Å². The predicted octanol–water partition coefficient (Wildman–Crippen LogP) is 4.64. The molecule has 2 aromatic carbocycles. The van der Waals surface area contributed by atoms with E-state index >= 15 is 0 Å². The number of nitrogens with one attached hydrogen (secondary N) is 1. The first-order valence-corrected chi connectivity index (χ1v) is 9.21. The number of urea groups is 1. The summed E-state index contributed by atoms with van der Waals surface area (Å²) in [5, 5.41) is 3.40. The van der Waals surface area contributed by atoms with Crippen LogP contribution in [-0.2, 0) is 0 Å². The maximum Gasteiger partial charge on any atom is 0.323 e. The van der Waals surface area contributed by atoms with Crippen molar-refractivity contribution in [2.75, 3.05) is 31.8 Å². The van der Waals surface area contributed by atoms with Crippen molar-refractivity contribution in [3.8, 4) is 11.5 Å². The number of rotatable bonds is 4. The highest BCUT2D eigenvalue weighted by molar-refractivity contribution is 7.99. The average molecular weight is 379 g/mol. The first-order valence-electron chi connectivity index (χ1n) is 7.78. The van der Waals surface area contributed by atoms with Gasteiger partial charge in [-0.05, 0) is 35.9 Å². The van der Waals surface area contributed by atoms with Crippen molar-refractivity contribution in [3.05, 3.63) is 53.1 Å². The van der Waals surface area contributed by atoms with E-state index < -0.39 is 0 Å². The molecule has 0 radical (unpaired) electrons. The van der Waals surface area contributed by atoms with Crippen LogP contribution in [0.1, 0.15) is 10.9 Å². The van der Waals surface area contributed by atoms with Crippen molar-refractivity contribution in [1.29, 1.82) is 0 Å². The number of benzene rings is 2. The third-order valence-electron chi connectivity index (χ3n) is 3.89. The van der Waals surface area contributed by atoms with Crippen molar-refractivity contribution in [2.45, 2.75) is 5.37 Å². The monoisotopic (exact) mass is 378 g/mol. The van der Waals surface area contributed by atoms with Gasteiger partial charge in [-0.15, -0.1) is 11.8 Å². The van der Waals surface area contributed by atoms with E-state index in [9.17, 15) is 4.79 Å². The highest BCUT2D eigenvalue weighted by atomic mass is 35.5. The number of carbonyl (C=O) groups is 1. The zero-order valence-electron chi connectivity index (χ0n) is 14.0. The second-order valence-corrected chi connectivity index (χ2v) is 7.13. The standard InChI is InChI=1S/C18H19ClN2O3S/c1-23-15-8-12(9-16(11-15)24-2)17-21(6-7-25-17)18(22)20-14-5-3-4-13(19)10-14/h3-5,8-11,17H,6-7H2,1-2H3,(H,20,22). The lowest BCUT2D eigenvalue weighted by molar-refractivity contribution is 0.214. The van der Waals surface area contributed by atoms with Gasteiger partial charge in [0, 0.05) is 29.1 Å². The van der Waals surface area contributed by atoms with Gasteiger partial charge in [0.25, 0.3) is 0 Å². The molecule has 1 atom stereocenters. The number of hydrogen-bond donors (Lipinski definition) is 1. The third kappa shape index (κ3) is 4.14. The molecule has 1 N–H and O–H groups in total. The van der Waals surface area contributed by atoms with E-state index in [-0.39, 0.29) is 11.4 Å². The van der Waals surface area contributed by atoms with Crippen molar-refractivity contribution in [1.82, 2.24) is 4.90 Å². The number of carbonyl (C=O) groups excluding carboxylic acids is 1. The van der Waals surface area contributed by atoms with Crippen molar-refractivity contribution in [3.63, 3.8) is 0 Å². The van der Waals surface area contributed by atoms with Crippen LogP contribution in [0.25, 0.3) is 0 Å². The normalized spacial score (nSPS) is 16.6. The Balaban J connectivity index is 1.81. The fraction of sp³-hybridized carbons (Fsp3) is 0.278. The molecule has 1 fully saturated rings. The van der Waals surface area contributed by atoms with Crippen LogP contribution in [-0.4, -0.2) is 37.4 Å². The second kappa shape index (κ2) is 7.89. The Labute approximate surface area is 156 Å². The molecular weight excluding hydrogens is 360 g/mol. The maximum absolute atomic E-state index is 12.7. The predicted molar refractivity (Wildman–Crippen MR) is 102 cm³/mol. The maximum atomic E-state index is 12.7. The molecule has 3 rings (SSSR count). The molecule has 0 aromatic heterocycles. The molecule has 0 bridgehead atoms. The average Bonchev–Trinajstić information content (AvgIpc) is 3.11. The van der Waals surface area contributed by atoms with Gasteiger partial charge >= 0.3 is 6.03 Å². The summed E-state index contributed by atoms with van der Waals surface area (Å²) in [5.74, 6) is 2.28. The summed E-state index contributed by atoms with van der Waals surface area (Å²) in [6.07, 6.45) is 0. The number of nitrogens with zero attached hydrogens (tertiary/aromatic N) is 1. The van der Waals surface area contributed by atoms with E-state index in [0.717, 1.165) is 11.3 Å². The smallest absolute Gasteiger partial charge is 0.323 e. The van der Waals surface area contributed by atoms with Crippen LogP contribution >= 0.6 is 23.4 Å². The SMILES string of the molecule is COc1cc(OC)cc(C2SCCN2C(=O)Nc2cccc(Cl)c2)c1. The highest BCUT2D eigenvalue weighted by Gasteiger charge is 2.31. The Hall–Kier alpha value is -2.05. The Bertz CT molecular complexity index is 749. The fourth-order valence-electron chi connectivity index (χ4n) is 2.69. The lowest BCUT2D eigenvalue weighted by atomic mass is 10.2. The van der Waals surface area contributed by atoms with E-state index in [0.29, 0.717) is 28.8 Å². The molecule has 1 aliphatic heterocycles. The number of amides is 2. The second-order valence-electron chi connectivity index (χ2n) is 5.50. The summed E-state index contributed by atoms with van der Waals surface area (Å²) in [5.41, 5.74) is 1.65. The molecule has 2 aromatic rings. The van der Waals surface area contributed by atoms with Gasteiger partial charge in [0.1, 0.15) is 16.9 Å². The molecule has 1 aliphatic rings. The highest BCUT2D eigenvalue weighted by Crippen LogP contribution is 2.40. The lowest BCUT2D eigenvalue weighted by Gasteiger charge is -2.25. The summed E-state index contributed by atoms with van der Waals surface area (Å²) in [4.78, 5) is 14.5. The molecule has 0 saturated carbocycles. The van der Waals surface area contributed by atoms with E-state index in [1.807, 2.05) is 24.3 Å². The van der Waals surface area contributed by atoms with E-state index in [1.54, 1.807) is 49.1 Å². The van der Waals surface area contributed by atoms with Gasteiger partial charge in [0.15, 0.2) is 0 Å². The van der Waals surface area contributed by atoms with Gasteiger partial charge < -0.3 is 19.7 Å². The lowest BCUT2D eigenvalue weighted by Crippen LogP contribution is -2.34. The van der Waals surface area contributed by atoms with Crippen LogP contribution in [0.3, 0.4) is 0 Å². The van der Waals surface area contributed by atoms with E-state index in [1.165, 1.54) is 0 Å². The molecule has 2 amide bonds. The van der Waals surface area contributed by atoms with Crippen LogP contribution in [0.2, 0.25) is 5.02 Å². The van der Waals surface area contributed by atoms with Crippen molar-refractivity contribution >= 4 is 35.1 Å². The minimum absolute atomic E-state index is 0.0943. The van der Waals surface area contributed by atoms with Crippen LogP contribution in [0.5, 0.6) is 11.5 Å². The summed E-state index contributed by atoms with van der Waals surface area (Å²) in [6, 6.07) is 12.7. The van der Waals surface area contributed by atoms with Crippen LogP contribution < -0.4 is 14.8 Å². The van der Waals surface area contributed by atoms with Gasteiger partial charge in [-0.25, -0.2) is 4.79 Å². The molecule has 1 unspecified atom stereocenters. The van der Waals surface area contributed by atoms with Gasteiger partial charge in [0.2, 0.25) is 0 Å². The summed E-state index contributed by atoms with van der Waals surface area (Å²) in [6.45, 7) is 0.668. The van der Waals surface area contributed by atoms with Gasteiger partial charge in [0.05, 0.1) is 14.2 Å². The molecule has 132 valence electrons. The summed E-state index contributed by atoms with van der Waals surface area (Å²) < 4.78 is 10.7. The minimum Gasteiger partial charge on any atom is -0.497 e. The van der Waals surface area contributed by atoms with Gasteiger partial charge in [-0.2, -0.15) is 0 Å². The van der Waals surface area contributed by atoms with E-state index in [2.05, 4.69) is 5.32 Å². The molecular formula is C18H19ClN2O3S. The molecule has 25 heavy (non-hydrogen) atoms. The summed E-state index contributed by atoms with van der Waals surface area (Å²) in [7, 11) is 3.23. The molecule has 5 nitrogen and oxygen atoms in total. The van der Waals surface area contributed by atoms with Crippen LogP contribution in [0, 0.1) is 0 Å². The number of ether oxygens (including phenoxy) is 2. The Morgan fingerprint density at radius 3 is 2.56 bits per heavy atom. The Morgan fingerprint density at radius 2 is 1.92 bits per heavy atom. The van der Waals surface area contributed by atoms with Crippen LogP contribution in [0.4, 0.5) is 10.5 Å². The topological polar surface area (TPSA) is 50.8 Å². The number of halogens is 1. The minimum atomic E-state index is -0.154. The van der Waals surface area contributed by atoms with Crippen LogP contribution in [0.15, 0.2) is 42.5 Å². The van der Waals surface area contributed by atoms with Gasteiger partial charge in [-0.3, -0.25) is 0 Å². The Kier molecular flexibility index (Phi) is 5.60. The first-order chi connectivity index (χ1) is 12.1. The molecule has 0 aliphatic carbocycles. The largest absolute Gasteiger partial charge is 0.497 e. The molecule has 0 spiro atoms. The molecule has 7 heteroatoms. The molecule has 1 saturated heterocycles.